The van der Waals surface area contributed by atoms with Crippen LogP contribution in [0.25, 0.3) is 11.1 Å². The monoisotopic (exact) mass is 574 g/mol. The summed E-state index contributed by atoms with van der Waals surface area (Å²) in [6.07, 6.45) is -1.13. The Morgan fingerprint density at radius 3 is 2.34 bits per heavy atom. The van der Waals surface area contributed by atoms with Crippen LogP contribution < -0.4 is 10.6 Å². The minimum absolute atomic E-state index is 0.205. The number of hydrogen-bond acceptors (Lipinski definition) is 5. The summed E-state index contributed by atoms with van der Waals surface area (Å²) in [5.74, 6) is -0.962. The predicted molar refractivity (Wildman–Crippen MR) is 135 cm³/mol. The fraction of sp³-hybridized carbons (Fsp3) is 0.182. The van der Waals surface area contributed by atoms with Crippen LogP contribution in [0.1, 0.15) is 27.6 Å². The molecule has 3 rings (SSSR count). The van der Waals surface area contributed by atoms with Crippen LogP contribution in [0.3, 0.4) is 0 Å². The first kappa shape index (κ1) is 24.9. The van der Waals surface area contributed by atoms with Gasteiger partial charge in [-0.25, -0.2) is 4.79 Å². The molecule has 1 amide bonds. The molecular formula is C22H18BrCl3N2O3S. The number of carbonyl (C=O) groups is 2. The van der Waals surface area contributed by atoms with E-state index < -0.39 is 21.8 Å². The quantitative estimate of drug-likeness (QED) is 0.183. The van der Waals surface area contributed by atoms with Crippen molar-refractivity contribution in [3.05, 3.63) is 75.6 Å². The first-order chi connectivity index (χ1) is 15.2. The van der Waals surface area contributed by atoms with Crippen molar-refractivity contribution in [3.8, 4) is 11.1 Å². The summed E-state index contributed by atoms with van der Waals surface area (Å²) < 4.78 is 4.18. The second-order valence-electron chi connectivity index (χ2n) is 6.54. The summed E-state index contributed by atoms with van der Waals surface area (Å²) in [6, 6.07) is 16.1. The van der Waals surface area contributed by atoms with Gasteiger partial charge in [0.05, 0.1) is 6.61 Å². The van der Waals surface area contributed by atoms with Crippen LogP contribution in [0.2, 0.25) is 0 Å². The molecule has 5 nitrogen and oxygen atoms in total. The Bertz CT molecular complexity index is 1090. The van der Waals surface area contributed by atoms with E-state index in [2.05, 4.69) is 26.6 Å². The first-order valence-corrected chi connectivity index (χ1v) is 12.2. The van der Waals surface area contributed by atoms with Gasteiger partial charge < -0.3 is 15.4 Å². The van der Waals surface area contributed by atoms with Crippen LogP contribution in [0.4, 0.5) is 5.00 Å². The molecule has 2 N–H and O–H groups in total. The third-order valence-corrected chi connectivity index (χ3v) is 6.43. The number of carbonyl (C=O) groups excluding carboxylic acids is 2. The van der Waals surface area contributed by atoms with E-state index in [0.29, 0.717) is 21.7 Å². The van der Waals surface area contributed by atoms with Crippen molar-refractivity contribution >= 4 is 78.9 Å². The van der Waals surface area contributed by atoms with E-state index in [4.69, 9.17) is 39.5 Å². The molecule has 0 aliphatic heterocycles. The number of ether oxygens (including phenoxy) is 1. The summed E-state index contributed by atoms with van der Waals surface area (Å²) in [6.45, 7) is 1.93. The molecule has 0 fully saturated rings. The fourth-order valence-corrected chi connectivity index (χ4v) is 4.43. The lowest BCUT2D eigenvalue weighted by Crippen LogP contribution is -2.49. The highest BCUT2D eigenvalue weighted by molar-refractivity contribution is 9.10. The highest BCUT2D eigenvalue weighted by Crippen LogP contribution is 2.39. The highest BCUT2D eigenvalue weighted by atomic mass is 79.9. The molecule has 0 aliphatic rings. The lowest BCUT2D eigenvalue weighted by atomic mass is 10.0. The average Bonchev–Trinajstić information content (AvgIpc) is 3.17. The standard InChI is InChI=1S/C22H18BrCl3N2O3S/c1-2-31-20(30)17-16(13-6-4-3-5-7-13)12-32-19(17)28-21(22(24,25)26)27-18(29)14-8-10-15(23)11-9-14/h3-12,21,28H,2H2,1H3,(H,27,29). The number of nitrogens with one attached hydrogen (secondary N) is 2. The Hall–Kier alpha value is -1.77. The number of benzene rings is 2. The smallest absolute Gasteiger partial charge is 0.341 e. The van der Waals surface area contributed by atoms with Gasteiger partial charge in [-0.3, -0.25) is 4.79 Å². The second-order valence-corrected chi connectivity index (χ2v) is 10.7. The maximum absolute atomic E-state index is 12.8. The number of rotatable bonds is 7. The molecule has 1 atom stereocenters. The fourth-order valence-electron chi connectivity index (χ4n) is 2.85. The molecule has 10 heteroatoms. The zero-order valence-corrected chi connectivity index (χ0v) is 21.4. The van der Waals surface area contributed by atoms with Gasteiger partial charge in [0.2, 0.25) is 3.79 Å². The van der Waals surface area contributed by atoms with E-state index in [1.807, 2.05) is 35.7 Å². The molecular weight excluding hydrogens is 559 g/mol. The Labute approximate surface area is 213 Å². The molecule has 0 radical (unpaired) electrons. The molecule has 1 aromatic heterocycles. The van der Waals surface area contributed by atoms with Gasteiger partial charge in [-0.1, -0.05) is 81.1 Å². The summed E-state index contributed by atoms with van der Waals surface area (Å²) >= 11 is 23.0. The van der Waals surface area contributed by atoms with Gasteiger partial charge in [0.25, 0.3) is 5.91 Å². The van der Waals surface area contributed by atoms with Crippen molar-refractivity contribution in [1.29, 1.82) is 0 Å². The maximum atomic E-state index is 12.8. The largest absolute Gasteiger partial charge is 0.462 e. The Balaban J connectivity index is 1.94. The predicted octanol–water partition coefficient (Wildman–Crippen LogP) is 6.89. The number of alkyl halides is 3. The Morgan fingerprint density at radius 1 is 1.09 bits per heavy atom. The third-order valence-electron chi connectivity index (χ3n) is 4.34. The van der Waals surface area contributed by atoms with Crippen LogP contribution in [0.15, 0.2) is 64.5 Å². The van der Waals surface area contributed by atoms with E-state index in [0.717, 1.165) is 10.0 Å². The molecule has 2 aromatic carbocycles. The van der Waals surface area contributed by atoms with Crippen molar-refractivity contribution in [2.45, 2.75) is 16.9 Å². The Morgan fingerprint density at radius 2 is 1.75 bits per heavy atom. The summed E-state index contributed by atoms with van der Waals surface area (Å²) in [5, 5.41) is 7.92. The van der Waals surface area contributed by atoms with Crippen LogP contribution in [-0.2, 0) is 4.74 Å². The van der Waals surface area contributed by atoms with Gasteiger partial charge in [-0.05, 0) is 36.8 Å². The number of hydrogen-bond donors (Lipinski definition) is 2. The lowest BCUT2D eigenvalue weighted by Gasteiger charge is -2.27. The SMILES string of the molecule is CCOC(=O)c1c(-c2ccccc2)csc1NC(NC(=O)c1ccc(Br)cc1)C(Cl)(Cl)Cl. The molecule has 168 valence electrons. The summed E-state index contributed by atoms with van der Waals surface area (Å²) in [4.78, 5) is 25.5. The normalized spacial score (nSPS) is 12.2. The van der Waals surface area contributed by atoms with Crippen LogP contribution >= 0.6 is 62.1 Å². The van der Waals surface area contributed by atoms with Crippen LogP contribution in [0.5, 0.6) is 0 Å². The van der Waals surface area contributed by atoms with E-state index in [9.17, 15) is 9.59 Å². The molecule has 0 bridgehead atoms. The number of anilines is 1. The van der Waals surface area contributed by atoms with E-state index in [1.54, 1.807) is 31.2 Å². The topological polar surface area (TPSA) is 67.4 Å². The number of halogens is 4. The molecule has 1 heterocycles. The molecule has 0 saturated heterocycles. The van der Waals surface area contributed by atoms with E-state index in [-0.39, 0.29) is 6.61 Å². The molecule has 1 unspecified atom stereocenters. The van der Waals surface area contributed by atoms with Crippen molar-refractivity contribution in [1.82, 2.24) is 5.32 Å². The lowest BCUT2D eigenvalue weighted by molar-refractivity contribution is 0.0529. The highest BCUT2D eigenvalue weighted by Gasteiger charge is 2.36. The van der Waals surface area contributed by atoms with E-state index >= 15 is 0 Å². The van der Waals surface area contributed by atoms with Crippen molar-refractivity contribution in [2.24, 2.45) is 0 Å². The summed E-state index contributed by atoms with van der Waals surface area (Å²) in [7, 11) is 0. The molecule has 0 spiro atoms. The van der Waals surface area contributed by atoms with Crippen molar-refractivity contribution < 1.29 is 14.3 Å². The van der Waals surface area contributed by atoms with Gasteiger partial charge in [-0.15, -0.1) is 11.3 Å². The molecule has 3 aromatic rings. The zero-order valence-electron chi connectivity index (χ0n) is 16.7. The Kier molecular flexibility index (Phi) is 8.47. The second kappa shape index (κ2) is 10.9. The molecule has 32 heavy (non-hydrogen) atoms. The van der Waals surface area contributed by atoms with E-state index in [1.165, 1.54) is 11.3 Å². The third kappa shape index (κ3) is 6.17. The number of esters is 1. The van der Waals surface area contributed by atoms with Gasteiger partial charge >= 0.3 is 5.97 Å². The summed E-state index contributed by atoms with van der Waals surface area (Å²) in [5.41, 5.74) is 2.21. The minimum atomic E-state index is -1.91. The van der Waals surface area contributed by atoms with Crippen molar-refractivity contribution in [3.63, 3.8) is 0 Å². The zero-order chi connectivity index (χ0) is 23.3. The first-order valence-electron chi connectivity index (χ1n) is 9.44. The van der Waals surface area contributed by atoms with Crippen molar-refractivity contribution in [2.75, 3.05) is 11.9 Å². The van der Waals surface area contributed by atoms with Gasteiger partial charge in [0, 0.05) is 21.0 Å². The maximum Gasteiger partial charge on any atom is 0.341 e. The van der Waals surface area contributed by atoms with Gasteiger partial charge in [0.1, 0.15) is 16.7 Å². The van der Waals surface area contributed by atoms with Crippen LogP contribution in [-0.4, -0.2) is 28.4 Å². The van der Waals surface area contributed by atoms with Crippen LogP contribution in [0, 0.1) is 0 Å². The number of amides is 1. The van der Waals surface area contributed by atoms with Gasteiger partial charge in [0.15, 0.2) is 0 Å². The molecule has 0 saturated carbocycles. The number of thiophene rings is 1. The van der Waals surface area contributed by atoms with Gasteiger partial charge in [-0.2, -0.15) is 0 Å². The average molecular weight is 577 g/mol. The molecule has 0 aliphatic carbocycles. The minimum Gasteiger partial charge on any atom is -0.462 e.